The summed E-state index contributed by atoms with van der Waals surface area (Å²) in [5.74, 6) is 0.742. The first-order chi connectivity index (χ1) is 9.63. The maximum absolute atomic E-state index is 5.95. The van der Waals surface area contributed by atoms with Crippen LogP contribution in [0.4, 0.5) is 5.69 Å². The molecule has 0 bridgehead atoms. The van der Waals surface area contributed by atoms with E-state index in [1.807, 2.05) is 19.1 Å². The maximum atomic E-state index is 5.95. The topological polar surface area (TPSA) is 77.8 Å². The number of hydrogen-bond donors (Lipinski definition) is 1. The Labute approximate surface area is 120 Å². The highest BCUT2D eigenvalue weighted by molar-refractivity contribution is 6.31. The summed E-state index contributed by atoms with van der Waals surface area (Å²) < 4.78 is 5.24. The van der Waals surface area contributed by atoms with Crippen molar-refractivity contribution in [2.24, 2.45) is 0 Å². The van der Waals surface area contributed by atoms with Gasteiger partial charge in [-0.25, -0.2) is 0 Å². The second-order valence-corrected chi connectivity index (χ2v) is 4.81. The van der Waals surface area contributed by atoms with Gasteiger partial charge in [-0.15, -0.1) is 0 Å². The number of halogens is 1. The molecule has 2 aromatic heterocycles. The zero-order valence-electron chi connectivity index (χ0n) is 10.7. The molecule has 20 heavy (non-hydrogen) atoms. The minimum Gasteiger partial charge on any atom is -0.398 e. The fourth-order valence-corrected chi connectivity index (χ4v) is 1.98. The van der Waals surface area contributed by atoms with Crippen LogP contribution < -0.4 is 5.73 Å². The smallest absolute Gasteiger partial charge is 0.260 e. The highest BCUT2D eigenvalue weighted by Gasteiger charge is 2.14. The van der Waals surface area contributed by atoms with Crippen LogP contribution in [0.1, 0.15) is 5.56 Å². The second-order valence-electron chi connectivity index (χ2n) is 4.37. The SMILES string of the molecule is Cc1ccnc(-c2noc(-c3cc(Cl)ccc3N)n2)c1. The molecule has 100 valence electrons. The largest absolute Gasteiger partial charge is 0.398 e. The van der Waals surface area contributed by atoms with Gasteiger partial charge < -0.3 is 10.3 Å². The van der Waals surface area contributed by atoms with Crippen molar-refractivity contribution < 1.29 is 4.52 Å². The van der Waals surface area contributed by atoms with Gasteiger partial charge in [-0.05, 0) is 42.8 Å². The van der Waals surface area contributed by atoms with Gasteiger partial charge in [-0.1, -0.05) is 16.8 Å². The lowest BCUT2D eigenvalue weighted by molar-refractivity contribution is 0.432. The molecule has 3 rings (SSSR count). The molecule has 0 aliphatic carbocycles. The van der Waals surface area contributed by atoms with Crippen molar-refractivity contribution >= 4 is 17.3 Å². The molecular weight excluding hydrogens is 276 g/mol. The average molecular weight is 287 g/mol. The summed E-state index contributed by atoms with van der Waals surface area (Å²) >= 11 is 5.95. The van der Waals surface area contributed by atoms with Crippen molar-refractivity contribution in [2.75, 3.05) is 5.73 Å². The van der Waals surface area contributed by atoms with Gasteiger partial charge in [-0.3, -0.25) is 4.98 Å². The van der Waals surface area contributed by atoms with E-state index in [0.29, 0.717) is 33.7 Å². The molecule has 6 heteroatoms. The van der Waals surface area contributed by atoms with Gasteiger partial charge in [0.25, 0.3) is 5.89 Å². The van der Waals surface area contributed by atoms with Crippen LogP contribution in [0.25, 0.3) is 23.0 Å². The molecule has 0 amide bonds. The number of hydrogen-bond acceptors (Lipinski definition) is 5. The molecule has 0 aliphatic rings. The predicted octanol–water partition coefficient (Wildman–Crippen LogP) is 3.34. The van der Waals surface area contributed by atoms with E-state index < -0.39 is 0 Å². The fourth-order valence-electron chi connectivity index (χ4n) is 1.81. The van der Waals surface area contributed by atoms with E-state index in [4.69, 9.17) is 21.9 Å². The third-order valence-corrected chi connectivity index (χ3v) is 3.05. The van der Waals surface area contributed by atoms with Crippen LogP contribution in [0.5, 0.6) is 0 Å². The Balaban J connectivity index is 2.04. The Hall–Kier alpha value is -2.40. The molecule has 2 N–H and O–H groups in total. The highest BCUT2D eigenvalue weighted by Crippen LogP contribution is 2.28. The van der Waals surface area contributed by atoms with Gasteiger partial charge in [0.15, 0.2) is 0 Å². The van der Waals surface area contributed by atoms with Crippen LogP contribution >= 0.6 is 11.6 Å². The monoisotopic (exact) mass is 286 g/mol. The van der Waals surface area contributed by atoms with Crippen molar-refractivity contribution in [1.29, 1.82) is 0 Å². The van der Waals surface area contributed by atoms with Crippen molar-refractivity contribution in [3.8, 4) is 23.0 Å². The van der Waals surface area contributed by atoms with Gasteiger partial charge in [0.1, 0.15) is 5.69 Å². The molecule has 0 unspecified atom stereocenters. The fraction of sp³-hybridized carbons (Fsp3) is 0.0714. The Morgan fingerprint density at radius 1 is 1.20 bits per heavy atom. The molecule has 0 saturated carbocycles. The molecule has 3 aromatic rings. The maximum Gasteiger partial charge on any atom is 0.260 e. The molecule has 0 spiro atoms. The Morgan fingerprint density at radius 3 is 2.85 bits per heavy atom. The Kier molecular flexibility index (Phi) is 3.12. The average Bonchev–Trinajstić information content (AvgIpc) is 2.91. The number of anilines is 1. The molecule has 0 radical (unpaired) electrons. The number of aryl methyl sites for hydroxylation is 1. The first kappa shape index (κ1) is 12.6. The zero-order valence-corrected chi connectivity index (χ0v) is 11.4. The highest BCUT2D eigenvalue weighted by atomic mass is 35.5. The molecule has 1 aromatic carbocycles. The number of pyridine rings is 1. The molecular formula is C14H11ClN4O. The number of nitrogens with zero attached hydrogens (tertiary/aromatic N) is 3. The summed E-state index contributed by atoms with van der Waals surface area (Å²) in [6.07, 6.45) is 1.70. The van der Waals surface area contributed by atoms with E-state index in [2.05, 4.69) is 15.1 Å². The molecule has 0 saturated heterocycles. The lowest BCUT2D eigenvalue weighted by atomic mass is 10.2. The minimum absolute atomic E-state index is 0.323. The van der Waals surface area contributed by atoms with Gasteiger partial charge in [0, 0.05) is 16.9 Å². The molecule has 2 heterocycles. The number of aromatic nitrogens is 3. The van der Waals surface area contributed by atoms with Crippen LogP contribution in [-0.4, -0.2) is 15.1 Å². The number of nitrogens with two attached hydrogens (primary N) is 1. The quantitative estimate of drug-likeness (QED) is 0.731. The van der Waals surface area contributed by atoms with E-state index >= 15 is 0 Å². The lowest BCUT2D eigenvalue weighted by Crippen LogP contribution is -1.90. The minimum atomic E-state index is 0.323. The number of nitrogen functional groups attached to an aromatic ring is 1. The van der Waals surface area contributed by atoms with Crippen molar-refractivity contribution in [3.63, 3.8) is 0 Å². The zero-order chi connectivity index (χ0) is 14.1. The number of benzene rings is 1. The summed E-state index contributed by atoms with van der Waals surface area (Å²) in [6, 6.07) is 8.89. The van der Waals surface area contributed by atoms with Crippen LogP contribution in [0.3, 0.4) is 0 Å². The van der Waals surface area contributed by atoms with E-state index in [1.54, 1.807) is 24.4 Å². The van der Waals surface area contributed by atoms with Gasteiger partial charge in [-0.2, -0.15) is 4.98 Å². The van der Waals surface area contributed by atoms with Crippen LogP contribution in [0, 0.1) is 6.92 Å². The van der Waals surface area contributed by atoms with Crippen molar-refractivity contribution in [3.05, 3.63) is 47.1 Å². The summed E-state index contributed by atoms with van der Waals surface area (Å²) in [5, 5.41) is 4.49. The molecule has 0 aliphatic heterocycles. The summed E-state index contributed by atoms with van der Waals surface area (Å²) in [6.45, 7) is 1.97. The Bertz CT molecular complexity index is 769. The third kappa shape index (κ3) is 2.35. The molecule has 0 atom stereocenters. The first-order valence-corrected chi connectivity index (χ1v) is 6.33. The van der Waals surface area contributed by atoms with E-state index in [0.717, 1.165) is 5.56 Å². The summed E-state index contributed by atoms with van der Waals surface area (Å²) in [7, 11) is 0. The summed E-state index contributed by atoms with van der Waals surface area (Å²) in [5.41, 5.74) is 8.76. The molecule has 5 nitrogen and oxygen atoms in total. The van der Waals surface area contributed by atoms with Gasteiger partial charge in [0.2, 0.25) is 5.82 Å². The predicted molar refractivity (Wildman–Crippen MR) is 77.1 cm³/mol. The van der Waals surface area contributed by atoms with Gasteiger partial charge >= 0.3 is 0 Å². The first-order valence-electron chi connectivity index (χ1n) is 5.95. The van der Waals surface area contributed by atoms with E-state index in [1.165, 1.54) is 0 Å². The Morgan fingerprint density at radius 2 is 2.05 bits per heavy atom. The normalized spacial score (nSPS) is 10.7. The third-order valence-electron chi connectivity index (χ3n) is 2.82. The van der Waals surface area contributed by atoms with Crippen LogP contribution in [-0.2, 0) is 0 Å². The van der Waals surface area contributed by atoms with Gasteiger partial charge in [0.05, 0.1) is 5.56 Å². The number of rotatable bonds is 2. The van der Waals surface area contributed by atoms with Crippen LogP contribution in [0.15, 0.2) is 41.1 Å². The summed E-state index contributed by atoms with van der Waals surface area (Å²) in [4.78, 5) is 8.53. The second kappa shape index (κ2) is 4.94. The lowest BCUT2D eigenvalue weighted by Gasteiger charge is -2.00. The van der Waals surface area contributed by atoms with Crippen molar-refractivity contribution in [2.45, 2.75) is 6.92 Å². The van der Waals surface area contributed by atoms with E-state index in [9.17, 15) is 0 Å². The van der Waals surface area contributed by atoms with Crippen LogP contribution in [0.2, 0.25) is 5.02 Å². The van der Waals surface area contributed by atoms with Crippen molar-refractivity contribution in [1.82, 2.24) is 15.1 Å². The van der Waals surface area contributed by atoms with E-state index in [-0.39, 0.29) is 0 Å². The standard InChI is InChI=1S/C14H11ClN4O/c1-8-4-5-17-12(6-8)13-18-14(20-19-13)10-7-9(15)2-3-11(10)16/h2-7H,16H2,1H3. The molecule has 0 fully saturated rings.